The number of nitrogen functional groups attached to an aromatic ring is 1. The Morgan fingerprint density at radius 1 is 0.450 bits per heavy atom. The summed E-state index contributed by atoms with van der Waals surface area (Å²) in [5.41, 5.74) is 8.73. The molecule has 20 heavy (non-hydrogen) atoms. The first-order valence-electron chi connectivity index (χ1n) is 6.27. The van der Waals surface area contributed by atoms with Gasteiger partial charge >= 0.3 is 0 Å². The fourth-order valence-electron chi connectivity index (χ4n) is 1.71. The lowest BCUT2D eigenvalue weighted by molar-refractivity contribution is 1.62. The molecule has 3 aromatic rings. The molecule has 0 fully saturated rings. The minimum Gasteiger partial charge on any atom is -0.399 e. The van der Waals surface area contributed by atoms with Crippen molar-refractivity contribution >= 4 is 5.69 Å². The molecular formula is C18H20N2. The van der Waals surface area contributed by atoms with Crippen LogP contribution in [0.25, 0.3) is 11.1 Å². The number of rotatable bonds is 1. The zero-order valence-electron chi connectivity index (χ0n) is 11.4. The number of anilines is 1. The molecule has 0 amide bonds. The fourth-order valence-corrected chi connectivity index (χ4v) is 1.71. The lowest BCUT2D eigenvalue weighted by atomic mass is 10.1. The molecule has 2 heteroatoms. The monoisotopic (exact) mass is 264 g/mol. The summed E-state index contributed by atoms with van der Waals surface area (Å²) in [5.74, 6) is 0. The summed E-state index contributed by atoms with van der Waals surface area (Å²) in [6.45, 7) is 0. The van der Waals surface area contributed by atoms with Crippen LogP contribution >= 0.6 is 0 Å². The molecule has 0 aliphatic heterocycles. The summed E-state index contributed by atoms with van der Waals surface area (Å²) in [6.07, 6.45) is 0. The maximum atomic E-state index is 5.36. The minimum absolute atomic E-state index is 0. The SMILES string of the molecule is N.Nc1ccccc1.c1ccc(-c2ccccc2)cc1. The predicted octanol–water partition coefficient (Wildman–Crippen LogP) is 4.78. The van der Waals surface area contributed by atoms with Gasteiger partial charge in [0.25, 0.3) is 0 Å². The van der Waals surface area contributed by atoms with Crippen molar-refractivity contribution < 1.29 is 0 Å². The number of para-hydroxylation sites is 1. The van der Waals surface area contributed by atoms with Gasteiger partial charge in [-0.2, -0.15) is 0 Å². The lowest BCUT2D eigenvalue weighted by Gasteiger charge is -1.98. The molecule has 0 atom stereocenters. The lowest BCUT2D eigenvalue weighted by Crippen LogP contribution is -1.79. The van der Waals surface area contributed by atoms with Gasteiger partial charge in [0.05, 0.1) is 0 Å². The van der Waals surface area contributed by atoms with E-state index in [2.05, 4.69) is 48.5 Å². The van der Waals surface area contributed by atoms with Gasteiger partial charge < -0.3 is 11.9 Å². The molecule has 0 aromatic heterocycles. The highest BCUT2D eigenvalue weighted by molar-refractivity contribution is 5.62. The molecule has 0 unspecified atom stereocenters. The van der Waals surface area contributed by atoms with Gasteiger partial charge in [-0.3, -0.25) is 0 Å². The van der Waals surface area contributed by atoms with Crippen molar-refractivity contribution in [2.45, 2.75) is 0 Å². The van der Waals surface area contributed by atoms with Gasteiger partial charge in [-0.05, 0) is 23.3 Å². The Balaban J connectivity index is 0.000000216. The Morgan fingerprint density at radius 3 is 1.00 bits per heavy atom. The Kier molecular flexibility index (Phi) is 6.59. The van der Waals surface area contributed by atoms with Gasteiger partial charge in [0.2, 0.25) is 0 Å². The molecule has 0 bridgehead atoms. The van der Waals surface area contributed by atoms with Crippen LogP contribution in [0.4, 0.5) is 5.69 Å². The highest BCUT2D eigenvalue weighted by Crippen LogP contribution is 2.17. The molecule has 0 aliphatic rings. The first-order chi connectivity index (χ1) is 9.36. The molecule has 0 radical (unpaired) electrons. The second-order valence-electron chi connectivity index (χ2n) is 4.14. The number of benzene rings is 3. The van der Waals surface area contributed by atoms with E-state index in [4.69, 9.17) is 5.73 Å². The average molecular weight is 264 g/mol. The van der Waals surface area contributed by atoms with Crippen LogP contribution < -0.4 is 11.9 Å². The third-order valence-electron chi connectivity index (χ3n) is 2.68. The smallest absolute Gasteiger partial charge is 0.0313 e. The van der Waals surface area contributed by atoms with Crippen LogP contribution in [0.3, 0.4) is 0 Å². The summed E-state index contributed by atoms with van der Waals surface area (Å²) in [4.78, 5) is 0. The Hall–Kier alpha value is -2.58. The highest BCUT2D eigenvalue weighted by atomic mass is 14.5. The van der Waals surface area contributed by atoms with E-state index >= 15 is 0 Å². The highest BCUT2D eigenvalue weighted by Gasteiger charge is 1.91. The third-order valence-corrected chi connectivity index (χ3v) is 2.68. The van der Waals surface area contributed by atoms with Gasteiger partial charge in [-0.25, -0.2) is 0 Å². The molecule has 0 saturated heterocycles. The van der Waals surface area contributed by atoms with Crippen molar-refractivity contribution in [3.8, 4) is 11.1 Å². The molecule has 0 heterocycles. The van der Waals surface area contributed by atoms with Crippen LogP contribution in [0, 0.1) is 0 Å². The molecule has 3 aromatic carbocycles. The van der Waals surface area contributed by atoms with E-state index < -0.39 is 0 Å². The molecular weight excluding hydrogens is 244 g/mol. The Morgan fingerprint density at radius 2 is 0.750 bits per heavy atom. The molecule has 0 saturated carbocycles. The van der Waals surface area contributed by atoms with E-state index in [1.54, 1.807) is 0 Å². The van der Waals surface area contributed by atoms with Gasteiger partial charge in [-0.15, -0.1) is 0 Å². The molecule has 2 nitrogen and oxygen atoms in total. The number of nitrogens with two attached hydrogens (primary N) is 1. The van der Waals surface area contributed by atoms with Crippen molar-refractivity contribution in [1.29, 1.82) is 0 Å². The van der Waals surface area contributed by atoms with E-state index in [-0.39, 0.29) is 6.15 Å². The fraction of sp³-hybridized carbons (Fsp3) is 0. The number of hydrogen-bond donors (Lipinski definition) is 2. The molecule has 102 valence electrons. The first-order valence-corrected chi connectivity index (χ1v) is 6.27. The van der Waals surface area contributed by atoms with E-state index in [1.807, 2.05) is 42.5 Å². The molecule has 0 spiro atoms. The zero-order chi connectivity index (χ0) is 13.3. The summed E-state index contributed by atoms with van der Waals surface area (Å²) < 4.78 is 0. The topological polar surface area (TPSA) is 61.0 Å². The van der Waals surface area contributed by atoms with Crippen molar-refractivity contribution in [1.82, 2.24) is 6.15 Å². The second-order valence-corrected chi connectivity index (χ2v) is 4.14. The van der Waals surface area contributed by atoms with Crippen molar-refractivity contribution in [3.63, 3.8) is 0 Å². The van der Waals surface area contributed by atoms with E-state index in [0.717, 1.165) is 5.69 Å². The molecule has 3 rings (SSSR count). The Labute approximate surface area is 120 Å². The number of hydrogen-bond acceptors (Lipinski definition) is 2. The summed E-state index contributed by atoms with van der Waals surface area (Å²) in [6, 6.07) is 30.3. The van der Waals surface area contributed by atoms with Gasteiger partial charge in [0, 0.05) is 5.69 Å². The van der Waals surface area contributed by atoms with Crippen LogP contribution in [0.1, 0.15) is 0 Å². The van der Waals surface area contributed by atoms with E-state index in [1.165, 1.54) is 11.1 Å². The van der Waals surface area contributed by atoms with Crippen LogP contribution in [-0.2, 0) is 0 Å². The predicted molar refractivity (Wildman–Crippen MR) is 87.8 cm³/mol. The quantitative estimate of drug-likeness (QED) is 0.621. The van der Waals surface area contributed by atoms with E-state index in [9.17, 15) is 0 Å². The third kappa shape index (κ3) is 4.96. The van der Waals surface area contributed by atoms with Crippen LogP contribution in [-0.4, -0.2) is 0 Å². The largest absolute Gasteiger partial charge is 0.399 e. The second kappa shape index (κ2) is 8.51. The van der Waals surface area contributed by atoms with Crippen molar-refractivity contribution in [2.75, 3.05) is 5.73 Å². The van der Waals surface area contributed by atoms with Crippen molar-refractivity contribution in [3.05, 3.63) is 91.0 Å². The van der Waals surface area contributed by atoms with Crippen molar-refractivity contribution in [2.24, 2.45) is 0 Å². The standard InChI is InChI=1S/C12H10.C6H7N.H3N/c1-3-7-11(8-4-1)12-9-5-2-6-10-12;7-6-4-2-1-3-5-6;/h1-10H;1-5H,7H2;1H3. The van der Waals surface area contributed by atoms with E-state index in [0.29, 0.717) is 0 Å². The minimum atomic E-state index is 0. The van der Waals surface area contributed by atoms with Gasteiger partial charge in [0.15, 0.2) is 0 Å². The molecule has 0 aliphatic carbocycles. The van der Waals surface area contributed by atoms with Crippen LogP contribution in [0.2, 0.25) is 0 Å². The van der Waals surface area contributed by atoms with Gasteiger partial charge in [-0.1, -0.05) is 78.9 Å². The average Bonchev–Trinajstić information content (AvgIpc) is 2.51. The summed E-state index contributed by atoms with van der Waals surface area (Å²) in [7, 11) is 0. The maximum absolute atomic E-state index is 5.36. The zero-order valence-corrected chi connectivity index (χ0v) is 11.4. The van der Waals surface area contributed by atoms with Gasteiger partial charge in [0.1, 0.15) is 0 Å². The summed E-state index contributed by atoms with van der Waals surface area (Å²) in [5, 5.41) is 0. The normalized spacial score (nSPS) is 8.80. The first kappa shape index (κ1) is 15.5. The van der Waals surface area contributed by atoms with Crippen LogP contribution in [0.5, 0.6) is 0 Å². The summed E-state index contributed by atoms with van der Waals surface area (Å²) >= 11 is 0. The maximum Gasteiger partial charge on any atom is 0.0313 e. The molecule has 5 N–H and O–H groups in total. The Bertz CT molecular complexity index is 540. The van der Waals surface area contributed by atoms with Crippen LogP contribution in [0.15, 0.2) is 91.0 Å².